The van der Waals surface area contributed by atoms with Crippen LogP contribution in [-0.2, 0) is 0 Å². The van der Waals surface area contributed by atoms with Crippen LogP contribution in [0.15, 0.2) is 18.3 Å². The minimum atomic E-state index is -1.54. The van der Waals surface area contributed by atoms with Gasteiger partial charge in [-0.2, -0.15) is 10.0 Å². The Morgan fingerprint density at radius 3 is 2.54 bits per heavy atom. The van der Waals surface area contributed by atoms with Crippen molar-refractivity contribution in [1.29, 1.82) is 0 Å². The fraction of sp³-hybridized carbons (Fsp3) is 0.429. The third-order valence-corrected chi connectivity index (χ3v) is 3.54. The summed E-state index contributed by atoms with van der Waals surface area (Å²) in [4.78, 5) is 2.62. The first-order chi connectivity index (χ1) is 6.05. The molecule has 1 aromatic heterocycles. The second-order valence-corrected chi connectivity index (χ2v) is 8.63. The minimum Gasteiger partial charge on any atom is -0.306 e. The lowest BCUT2D eigenvalue weighted by Gasteiger charge is -2.31. The summed E-state index contributed by atoms with van der Waals surface area (Å²) < 4.78 is 1.88. The van der Waals surface area contributed by atoms with Gasteiger partial charge in [-0.1, -0.05) is 19.6 Å². The highest BCUT2D eigenvalue weighted by atomic mass is 35.5. The molecule has 0 aliphatic rings. The van der Waals surface area contributed by atoms with Crippen LogP contribution in [0.1, 0.15) is 0 Å². The number of hydrazine groups is 1. The third-order valence-electron chi connectivity index (χ3n) is 1.54. The second-order valence-electron chi connectivity index (χ2n) is 3.67. The van der Waals surface area contributed by atoms with Gasteiger partial charge < -0.3 is 4.67 Å². The SMILES string of the molecule is C[Si](C)(C)N(NCl)c1cccnn1. The average molecular weight is 217 g/mol. The summed E-state index contributed by atoms with van der Waals surface area (Å²) in [6.45, 7) is 6.49. The van der Waals surface area contributed by atoms with Crippen LogP contribution in [-0.4, -0.2) is 18.4 Å². The molecule has 0 atom stereocenters. The highest BCUT2D eigenvalue weighted by Crippen LogP contribution is 2.15. The molecule has 0 unspecified atom stereocenters. The van der Waals surface area contributed by atoms with Gasteiger partial charge in [0.2, 0.25) is 0 Å². The normalized spacial score (nSPS) is 11.4. The monoisotopic (exact) mass is 216 g/mol. The zero-order chi connectivity index (χ0) is 9.90. The van der Waals surface area contributed by atoms with Crippen molar-refractivity contribution in [1.82, 2.24) is 15.1 Å². The molecule has 1 N–H and O–H groups in total. The van der Waals surface area contributed by atoms with Crippen LogP contribution in [0, 0.1) is 0 Å². The molecule has 0 fully saturated rings. The first-order valence-corrected chi connectivity index (χ1v) is 7.82. The summed E-state index contributed by atoms with van der Waals surface area (Å²) in [6.07, 6.45) is 1.64. The molecular weight excluding hydrogens is 204 g/mol. The van der Waals surface area contributed by atoms with E-state index in [2.05, 4.69) is 34.8 Å². The number of hydrogen-bond acceptors (Lipinski definition) is 4. The zero-order valence-electron chi connectivity index (χ0n) is 7.95. The molecule has 4 nitrogen and oxygen atoms in total. The summed E-state index contributed by atoms with van der Waals surface area (Å²) in [7, 11) is -1.54. The number of halogens is 1. The molecule has 1 aromatic rings. The Morgan fingerprint density at radius 2 is 2.15 bits per heavy atom. The first kappa shape index (κ1) is 10.4. The van der Waals surface area contributed by atoms with E-state index in [4.69, 9.17) is 11.8 Å². The van der Waals surface area contributed by atoms with Gasteiger partial charge >= 0.3 is 0 Å². The van der Waals surface area contributed by atoms with E-state index in [1.807, 2.05) is 16.8 Å². The predicted octanol–water partition coefficient (Wildman–Crippen LogP) is 1.78. The maximum atomic E-state index is 5.63. The lowest BCUT2D eigenvalue weighted by atomic mass is 10.5. The summed E-state index contributed by atoms with van der Waals surface area (Å²) in [5.41, 5.74) is 0. The van der Waals surface area contributed by atoms with Crippen LogP contribution in [0.2, 0.25) is 19.6 Å². The number of nitrogens with zero attached hydrogens (tertiary/aromatic N) is 3. The van der Waals surface area contributed by atoms with Crippen molar-refractivity contribution in [2.75, 3.05) is 4.67 Å². The molecule has 0 bridgehead atoms. The molecule has 72 valence electrons. The van der Waals surface area contributed by atoms with Crippen LogP contribution in [0.3, 0.4) is 0 Å². The number of nitrogens with one attached hydrogen (secondary N) is 1. The maximum absolute atomic E-state index is 5.63. The summed E-state index contributed by atoms with van der Waals surface area (Å²) in [5.74, 6) is 0.761. The van der Waals surface area contributed by atoms with Crippen molar-refractivity contribution in [3.05, 3.63) is 18.3 Å². The topological polar surface area (TPSA) is 41.0 Å². The van der Waals surface area contributed by atoms with E-state index in [0.717, 1.165) is 5.82 Å². The largest absolute Gasteiger partial charge is 0.306 e. The number of hydrogen-bond donors (Lipinski definition) is 1. The molecule has 0 radical (unpaired) electrons. The molecule has 0 saturated carbocycles. The molecule has 6 heteroatoms. The fourth-order valence-electron chi connectivity index (χ4n) is 0.926. The Labute approximate surface area is 84.1 Å². The van der Waals surface area contributed by atoms with Crippen LogP contribution < -0.4 is 9.62 Å². The fourth-order valence-corrected chi connectivity index (χ4v) is 2.83. The lowest BCUT2D eigenvalue weighted by Crippen LogP contribution is -2.51. The number of anilines is 1. The van der Waals surface area contributed by atoms with Gasteiger partial charge in [-0.3, -0.25) is 0 Å². The van der Waals surface area contributed by atoms with Crippen LogP contribution in [0.4, 0.5) is 5.82 Å². The molecule has 1 rings (SSSR count). The highest BCUT2D eigenvalue weighted by molar-refractivity contribution is 6.79. The van der Waals surface area contributed by atoms with Crippen LogP contribution in [0.5, 0.6) is 0 Å². The second kappa shape index (κ2) is 4.04. The van der Waals surface area contributed by atoms with Crippen LogP contribution in [0.25, 0.3) is 0 Å². The summed E-state index contributed by atoms with van der Waals surface area (Å²) >= 11 is 5.63. The molecular formula is C7H13ClN4Si. The van der Waals surface area contributed by atoms with Crippen molar-refractivity contribution >= 4 is 25.8 Å². The van der Waals surface area contributed by atoms with Crippen LogP contribution >= 0.6 is 11.8 Å². The molecule has 0 amide bonds. The Balaban J connectivity index is 2.92. The van der Waals surface area contributed by atoms with E-state index in [1.165, 1.54) is 0 Å². The van der Waals surface area contributed by atoms with Gasteiger partial charge in [0.05, 0.1) is 0 Å². The predicted molar refractivity (Wildman–Crippen MR) is 56.8 cm³/mol. The quantitative estimate of drug-likeness (QED) is 0.475. The molecule has 0 saturated heterocycles. The maximum Gasteiger partial charge on any atom is 0.170 e. The van der Waals surface area contributed by atoms with E-state index in [0.29, 0.717) is 0 Å². The molecule has 0 aliphatic heterocycles. The van der Waals surface area contributed by atoms with Gasteiger partial charge in [-0.25, -0.2) is 0 Å². The van der Waals surface area contributed by atoms with Gasteiger partial charge in [0.25, 0.3) is 0 Å². The molecule has 0 spiro atoms. The summed E-state index contributed by atoms with van der Waals surface area (Å²) in [5, 5.41) is 7.78. The van der Waals surface area contributed by atoms with Crippen molar-refractivity contribution in [3.63, 3.8) is 0 Å². The van der Waals surface area contributed by atoms with Gasteiger partial charge in [0, 0.05) is 6.20 Å². The van der Waals surface area contributed by atoms with E-state index in [1.54, 1.807) is 6.20 Å². The standard InChI is InChI=1S/C7H13ClN4Si/c1-13(2,3)12(11-8)7-5-4-6-9-10-7/h4-6,11H,1-3H3. The Bertz CT molecular complexity index is 261. The van der Waals surface area contributed by atoms with Gasteiger partial charge in [0.1, 0.15) is 0 Å². The molecule has 1 heterocycles. The Morgan fingerprint density at radius 1 is 1.46 bits per heavy atom. The smallest absolute Gasteiger partial charge is 0.170 e. The van der Waals surface area contributed by atoms with Crippen molar-refractivity contribution < 1.29 is 0 Å². The van der Waals surface area contributed by atoms with Crippen molar-refractivity contribution in [2.45, 2.75) is 19.6 Å². The number of rotatable bonds is 3. The van der Waals surface area contributed by atoms with Gasteiger partial charge in [0.15, 0.2) is 14.1 Å². The molecule has 13 heavy (non-hydrogen) atoms. The average Bonchev–Trinajstić information content (AvgIpc) is 2.05. The Kier molecular flexibility index (Phi) is 3.24. The van der Waals surface area contributed by atoms with Gasteiger partial charge in [-0.05, 0) is 23.9 Å². The zero-order valence-corrected chi connectivity index (χ0v) is 9.71. The minimum absolute atomic E-state index is 0.761. The van der Waals surface area contributed by atoms with E-state index >= 15 is 0 Å². The number of aromatic nitrogens is 2. The Hall–Kier alpha value is -0.653. The van der Waals surface area contributed by atoms with Crippen molar-refractivity contribution in [3.8, 4) is 0 Å². The van der Waals surface area contributed by atoms with Gasteiger partial charge in [-0.15, -0.1) is 5.10 Å². The third kappa shape index (κ3) is 2.65. The first-order valence-electron chi connectivity index (χ1n) is 4.00. The van der Waals surface area contributed by atoms with E-state index in [-0.39, 0.29) is 0 Å². The summed E-state index contributed by atoms with van der Waals surface area (Å²) in [6, 6.07) is 3.71. The highest BCUT2D eigenvalue weighted by Gasteiger charge is 2.25. The van der Waals surface area contributed by atoms with E-state index in [9.17, 15) is 0 Å². The lowest BCUT2D eigenvalue weighted by molar-refractivity contribution is 0.923. The van der Waals surface area contributed by atoms with Crippen molar-refractivity contribution in [2.24, 2.45) is 0 Å². The molecule has 0 aromatic carbocycles. The molecule has 0 aliphatic carbocycles. The van der Waals surface area contributed by atoms with E-state index < -0.39 is 8.24 Å².